The second-order valence-electron chi connectivity index (χ2n) is 4.75. The van der Waals surface area contributed by atoms with Gasteiger partial charge in [0.25, 0.3) is 0 Å². The second-order valence-corrected chi connectivity index (χ2v) is 4.75. The maximum Gasteiger partial charge on any atom is 0.138 e. The molecule has 1 aromatic carbocycles. The highest BCUT2D eigenvalue weighted by molar-refractivity contribution is 5.79. The zero-order valence-corrected chi connectivity index (χ0v) is 9.72. The van der Waals surface area contributed by atoms with Crippen molar-refractivity contribution in [2.45, 2.75) is 24.9 Å². The second kappa shape index (κ2) is 4.59. The molecule has 2 fully saturated rings. The van der Waals surface area contributed by atoms with Crippen molar-refractivity contribution in [3.63, 3.8) is 0 Å². The molecule has 2 saturated heterocycles. The highest BCUT2D eigenvalue weighted by atomic mass is 16.5. The fourth-order valence-electron chi connectivity index (χ4n) is 2.31. The molecule has 3 heteroatoms. The summed E-state index contributed by atoms with van der Waals surface area (Å²) < 4.78 is 10.8. The number of rotatable bonds is 2. The van der Waals surface area contributed by atoms with Crippen LogP contribution in [-0.4, -0.2) is 25.6 Å². The Hall–Kier alpha value is -1.19. The molecular formula is C14H16O3. The Morgan fingerprint density at radius 3 is 2.35 bits per heavy atom. The van der Waals surface area contributed by atoms with E-state index in [1.807, 2.05) is 0 Å². The van der Waals surface area contributed by atoms with Crippen molar-refractivity contribution in [3.8, 4) is 0 Å². The van der Waals surface area contributed by atoms with Gasteiger partial charge in [0.2, 0.25) is 0 Å². The lowest BCUT2D eigenvalue weighted by Gasteiger charge is -2.27. The van der Waals surface area contributed by atoms with Crippen molar-refractivity contribution in [3.05, 3.63) is 35.4 Å². The van der Waals surface area contributed by atoms with Gasteiger partial charge in [0.15, 0.2) is 0 Å². The van der Waals surface area contributed by atoms with Crippen LogP contribution in [0, 0.1) is 0 Å². The lowest BCUT2D eigenvalue weighted by atomic mass is 9.94. The number of carbonyl (C=O) groups excluding carboxylic acids is 1. The molecule has 0 spiro atoms. The van der Waals surface area contributed by atoms with Crippen LogP contribution in [0.25, 0.3) is 0 Å². The predicted octanol–water partition coefficient (Wildman–Crippen LogP) is 2.22. The van der Waals surface area contributed by atoms with Gasteiger partial charge in [-0.05, 0) is 11.1 Å². The number of Topliss-reactive ketones (excluding diaryl/α,β-unsaturated/α-hetero) is 1. The minimum absolute atomic E-state index is 0.0389. The van der Waals surface area contributed by atoms with Gasteiger partial charge in [-0.15, -0.1) is 0 Å². The molecule has 0 saturated carbocycles. The van der Waals surface area contributed by atoms with Gasteiger partial charge in [0.05, 0.1) is 25.9 Å². The first-order valence-corrected chi connectivity index (χ1v) is 6.14. The van der Waals surface area contributed by atoms with E-state index < -0.39 is 0 Å². The van der Waals surface area contributed by atoms with Crippen LogP contribution >= 0.6 is 0 Å². The van der Waals surface area contributed by atoms with Crippen molar-refractivity contribution in [2.24, 2.45) is 0 Å². The molecule has 0 aliphatic carbocycles. The summed E-state index contributed by atoms with van der Waals surface area (Å²) in [5.74, 6) is 0.857. The molecule has 2 heterocycles. The van der Waals surface area contributed by atoms with Crippen molar-refractivity contribution in [1.29, 1.82) is 0 Å². The summed E-state index contributed by atoms with van der Waals surface area (Å²) in [6.45, 7) is 2.22. The Bertz CT molecular complexity index is 406. The van der Waals surface area contributed by atoms with E-state index in [0.29, 0.717) is 31.1 Å². The van der Waals surface area contributed by atoms with E-state index >= 15 is 0 Å². The molecule has 17 heavy (non-hydrogen) atoms. The summed E-state index contributed by atoms with van der Waals surface area (Å²) >= 11 is 0. The van der Waals surface area contributed by atoms with Crippen LogP contribution in [0.15, 0.2) is 24.3 Å². The van der Waals surface area contributed by atoms with Gasteiger partial charge in [0.1, 0.15) is 5.78 Å². The van der Waals surface area contributed by atoms with Crippen LogP contribution in [0.2, 0.25) is 0 Å². The maximum absolute atomic E-state index is 11.4. The quantitative estimate of drug-likeness (QED) is 0.784. The molecular weight excluding hydrogens is 216 g/mol. The van der Waals surface area contributed by atoms with E-state index in [4.69, 9.17) is 9.47 Å². The molecule has 1 unspecified atom stereocenters. The first kappa shape index (κ1) is 10.9. The standard InChI is InChI=1S/C14H16O3/c15-13-5-6-17-14(7-13)11-3-1-10(2-4-11)12-8-16-9-12/h1-4,12,14H,5-9H2. The monoisotopic (exact) mass is 232 g/mol. The van der Waals surface area contributed by atoms with Gasteiger partial charge in [-0.25, -0.2) is 0 Å². The summed E-state index contributed by atoms with van der Waals surface area (Å²) in [6.07, 6.45) is 1.04. The van der Waals surface area contributed by atoms with Gasteiger partial charge >= 0.3 is 0 Å². The van der Waals surface area contributed by atoms with E-state index in [1.165, 1.54) is 5.56 Å². The van der Waals surface area contributed by atoms with E-state index in [1.54, 1.807) is 0 Å². The molecule has 3 rings (SSSR count). The Balaban J connectivity index is 1.72. The number of carbonyl (C=O) groups is 1. The molecule has 0 bridgehead atoms. The average Bonchev–Trinajstić information content (AvgIpc) is 2.28. The van der Waals surface area contributed by atoms with Gasteiger partial charge < -0.3 is 9.47 Å². The zero-order valence-electron chi connectivity index (χ0n) is 9.72. The van der Waals surface area contributed by atoms with Crippen LogP contribution in [-0.2, 0) is 14.3 Å². The number of benzene rings is 1. The van der Waals surface area contributed by atoms with Crippen molar-refractivity contribution in [2.75, 3.05) is 19.8 Å². The largest absolute Gasteiger partial charge is 0.380 e. The Morgan fingerprint density at radius 1 is 1.06 bits per heavy atom. The minimum Gasteiger partial charge on any atom is -0.380 e. The van der Waals surface area contributed by atoms with E-state index in [0.717, 1.165) is 18.8 Å². The molecule has 1 atom stereocenters. The van der Waals surface area contributed by atoms with Gasteiger partial charge in [-0.3, -0.25) is 4.79 Å². The molecule has 90 valence electrons. The van der Waals surface area contributed by atoms with E-state index in [9.17, 15) is 4.79 Å². The fourth-order valence-corrected chi connectivity index (χ4v) is 2.31. The van der Waals surface area contributed by atoms with Crippen LogP contribution in [0.1, 0.15) is 36.0 Å². The topological polar surface area (TPSA) is 35.5 Å². The average molecular weight is 232 g/mol. The summed E-state index contributed by atoms with van der Waals surface area (Å²) in [5.41, 5.74) is 2.43. The first-order valence-electron chi connectivity index (χ1n) is 6.14. The third-order valence-electron chi connectivity index (χ3n) is 3.53. The highest BCUT2D eigenvalue weighted by Gasteiger charge is 2.23. The normalized spacial score (nSPS) is 25.6. The van der Waals surface area contributed by atoms with Crippen molar-refractivity contribution < 1.29 is 14.3 Å². The lowest BCUT2D eigenvalue weighted by molar-refractivity contribution is -0.128. The summed E-state index contributed by atoms with van der Waals surface area (Å²) in [4.78, 5) is 11.4. The number of hydrogen-bond acceptors (Lipinski definition) is 3. The number of ether oxygens (including phenoxy) is 2. The molecule has 3 nitrogen and oxygen atoms in total. The van der Waals surface area contributed by atoms with Crippen LogP contribution < -0.4 is 0 Å². The number of hydrogen-bond donors (Lipinski definition) is 0. The zero-order chi connectivity index (χ0) is 11.7. The SMILES string of the molecule is O=C1CCOC(c2ccc(C3COC3)cc2)C1. The third kappa shape index (κ3) is 2.26. The van der Waals surface area contributed by atoms with E-state index in [2.05, 4.69) is 24.3 Å². The fraction of sp³-hybridized carbons (Fsp3) is 0.500. The molecule has 0 aromatic heterocycles. The molecule has 2 aliphatic rings. The molecule has 1 aromatic rings. The highest BCUT2D eigenvalue weighted by Crippen LogP contribution is 2.29. The van der Waals surface area contributed by atoms with Gasteiger partial charge in [0, 0.05) is 18.8 Å². The van der Waals surface area contributed by atoms with Crippen LogP contribution in [0.3, 0.4) is 0 Å². The Labute approximate surface area is 101 Å². The molecule has 2 aliphatic heterocycles. The van der Waals surface area contributed by atoms with Crippen LogP contribution in [0.5, 0.6) is 0 Å². The molecule has 0 N–H and O–H groups in total. The summed E-state index contributed by atoms with van der Waals surface area (Å²) in [7, 11) is 0. The van der Waals surface area contributed by atoms with Gasteiger partial charge in [-0.1, -0.05) is 24.3 Å². The Morgan fingerprint density at radius 2 is 1.76 bits per heavy atom. The summed E-state index contributed by atoms with van der Waals surface area (Å²) in [6, 6.07) is 8.42. The molecule has 0 radical (unpaired) electrons. The smallest absolute Gasteiger partial charge is 0.138 e. The third-order valence-corrected chi connectivity index (χ3v) is 3.53. The predicted molar refractivity (Wildman–Crippen MR) is 62.9 cm³/mol. The lowest BCUT2D eigenvalue weighted by Crippen LogP contribution is -2.25. The maximum atomic E-state index is 11.4. The molecule has 0 amide bonds. The first-order chi connectivity index (χ1) is 8.33. The Kier molecular flexibility index (Phi) is 2.95. The number of ketones is 1. The van der Waals surface area contributed by atoms with Crippen molar-refractivity contribution in [1.82, 2.24) is 0 Å². The van der Waals surface area contributed by atoms with Crippen LogP contribution in [0.4, 0.5) is 0 Å². The summed E-state index contributed by atoms with van der Waals surface area (Å²) in [5, 5.41) is 0. The van der Waals surface area contributed by atoms with Gasteiger partial charge in [-0.2, -0.15) is 0 Å². The van der Waals surface area contributed by atoms with Crippen molar-refractivity contribution >= 4 is 5.78 Å². The van der Waals surface area contributed by atoms with E-state index in [-0.39, 0.29) is 6.10 Å². The minimum atomic E-state index is -0.0389.